The molecule has 0 aliphatic carbocycles. The second-order valence-corrected chi connectivity index (χ2v) is 7.50. The summed E-state index contributed by atoms with van der Waals surface area (Å²) in [6.45, 7) is 2.60. The van der Waals surface area contributed by atoms with Crippen LogP contribution in [-0.2, 0) is 4.79 Å². The number of phenolic OH excluding ortho intramolecular Hbond substituents is 1. The van der Waals surface area contributed by atoms with Gasteiger partial charge in [0, 0.05) is 11.6 Å². The van der Waals surface area contributed by atoms with Crippen LogP contribution in [0.1, 0.15) is 18.9 Å². The van der Waals surface area contributed by atoms with E-state index in [2.05, 4.69) is 4.99 Å². The van der Waals surface area contributed by atoms with Crippen molar-refractivity contribution in [2.24, 2.45) is 4.99 Å². The molecule has 2 aromatic rings. The van der Waals surface area contributed by atoms with Crippen LogP contribution >= 0.6 is 35.0 Å². The van der Waals surface area contributed by atoms with Crippen LogP contribution in [0.2, 0.25) is 10.0 Å². The molecule has 134 valence electrons. The third-order valence-corrected chi connectivity index (χ3v) is 5.22. The molecular weight excluding hydrogens is 391 g/mol. The number of carbonyl (C=O) groups is 1. The number of hydrogen-bond donors (Lipinski definition) is 1. The first-order valence-corrected chi connectivity index (χ1v) is 9.59. The molecule has 0 saturated carbocycles. The molecule has 1 amide bonds. The molecule has 1 heterocycles. The first-order chi connectivity index (χ1) is 12.5. The molecule has 0 spiro atoms. The average Bonchev–Trinajstić information content (AvgIpc) is 2.89. The van der Waals surface area contributed by atoms with E-state index in [9.17, 15) is 9.90 Å². The van der Waals surface area contributed by atoms with E-state index in [-0.39, 0.29) is 16.7 Å². The molecule has 0 radical (unpaired) electrons. The predicted octanol–water partition coefficient (Wildman–Crippen LogP) is 5.71. The summed E-state index contributed by atoms with van der Waals surface area (Å²) in [5.74, 6) is -0.0782. The van der Waals surface area contributed by atoms with E-state index in [1.165, 1.54) is 17.8 Å². The van der Waals surface area contributed by atoms with E-state index < -0.39 is 0 Å². The van der Waals surface area contributed by atoms with Crippen molar-refractivity contribution in [2.45, 2.75) is 13.3 Å². The second-order valence-electron chi connectivity index (χ2n) is 5.65. The Balaban J connectivity index is 1.93. The van der Waals surface area contributed by atoms with Crippen molar-refractivity contribution >= 4 is 57.8 Å². The monoisotopic (exact) mass is 406 g/mol. The van der Waals surface area contributed by atoms with Crippen molar-refractivity contribution in [3.63, 3.8) is 0 Å². The average molecular weight is 407 g/mol. The molecule has 1 aliphatic heterocycles. The van der Waals surface area contributed by atoms with Crippen LogP contribution in [0.4, 0.5) is 5.69 Å². The number of aromatic hydroxyl groups is 1. The Kier molecular flexibility index (Phi) is 5.91. The predicted molar refractivity (Wildman–Crippen MR) is 109 cm³/mol. The maximum absolute atomic E-state index is 12.8. The fourth-order valence-corrected chi connectivity index (χ4v) is 3.74. The van der Waals surface area contributed by atoms with Gasteiger partial charge >= 0.3 is 0 Å². The summed E-state index contributed by atoms with van der Waals surface area (Å²) in [4.78, 5) is 19.6. The summed E-state index contributed by atoms with van der Waals surface area (Å²) in [6.07, 6.45) is 2.58. The highest BCUT2D eigenvalue weighted by atomic mass is 35.5. The molecule has 1 fully saturated rings. The van der Waals surface area contributed by atoms with Gasteiger partial charge < -0.3 is 5.11 Å². The van der Waals surface area contributed by atoms with Gasteiger partial charge in [0.2, 0.25) is 0 Å². The van der Waals surface area contributed by atoms with Gasteiger partial charge in [0.05, 0.1) is 15.6 Å². The maximum Gasteiger partial charge on any atom is 0.266 e. The summed E-state index contributed by atoms with van der Waals surface area (Å²) in [7, 11) is 0. The lowest BCUT2D eigenvalue weighted by atomic mass is 10.2. The van der Waals surface area contributed by atoms with Gasteiger partial charge in [0.15, 0.2) is 5.17 Å². The van der Waals surface area contributed by atoms with Gasteiger partial charge in [0.1, 0.15) is 5.75 Å². The third-order valence-electron chi connectivity index (χ3n) is 3.66. The number of rotatable bonds is 4. The zero-order chi connectivity index (χ0) is 18.7. The standard InChI is InChI=1S/C19H16Cl2N2O2S/c1-2-9-23-18(25)17(11-12-3-8-16(24)15(21)10-12)26-19(23)22-14-6-4-13(20)5-7-14/h3-8,10-11,24H,2,9H2,1H3/b17-11-,22-19?. The Morgan fingerprint density at radius 1 is 1.19 bits per heavy atom. The number of amides is 1. The minimum absolute atomic E-state index is 0.0109. The van der Waals surface area contributed by atoms with Gasteiger partial charge in [-0.05, 0) is 66.2 Å². The number of carbonyl (C=O) groups excluding carboxylic acids is 1. The molecule has 0 atom stereocenters. The third kappa shape index (κ3) is 4.23. The van der Waals surface area contributed by atoms with Crippen molar-refractivity contribution in [2.75, 3.05) is 6.54 Å². The lowest BCUT2D eigenvalue weighted by Gasteiger charge is -2.13. The molecule has 7 heteroatoms. The Bertz CT molecular complexity index is 895. The van der Waals surface area contributed by atoms with E-state index in [0.717, 1.165) is 17.7 Å². The molecule has 4 nitrogen and oxygen atoms in total. The fourth-order valence-electron chi connectivity index (χ4n) is 2.40. The summed E-state index contributed by atoms with van der Waals surface area (Å²) in [6, 6.07) is 12.0. The van der Waals surface area contributed by atoms with Gasteiger partial charge in [-0.25, -0.2) is 4.99 Å². The number of thioether (sulfide) groups is 1. The minimum atomic E-state index is -0.0891. The van der Waals surface area contributed by atoms with Crippen LogP contribution in [0.3, 0.4) is 0 Å². The molecule has 0 aromatic heterocycles. The van der Waals surface area contributed by atoms with E-state index in [1.807, 2.05) is 19.1 Å². The summed E-state index contributed by atoms with van der Waals surface area (Å²) in [5, 5.41) is 11.1. The molecule has 26 heavy (non-hydrogen) atoms. The largest absolute Gasteiger partial charge is 0.506 e. The second kappa shape index (κ2) is 8.16. The van der Waals surface area contributed by atoms with Crippen LogP contribution in [-0.4, -0.2) is 27.6 Å². The van der Waals surface area contributed by atoms with Crippen molar-refractivity contribution < 1.29 is 9.90 Å². The van der Waals surface area contributed by atoms with Crippen molar-refractivity contribution in [1.82, 2.24) is 4.90 Å². The normalized spacial score (nSPS) is 17.5. The Morgan fingerprint density at radius 3 is 2.58 bits per heavy atom. The highest BCUT2D eigenvalue weighted by Crippen LogP contribution is 2.35. The topological polar surface area (TPSA) is 52.9 Å². The summed E-state index contributed by atoms with van der Waals surface area (Å²) >= 11 is 13.2. The molecule has 1 aliphatic rings. The molecule has 1 saturated heterocycles. The number of phenols is 1. The number of amidine groups is 1. The van der Waals surface area contributed by atoms with Crippen LogP contribution in [0.25, 0.3) is 6.08 Å². The van der Waals surface area contributed by atoms with Crippen molar-refractivity contribution in [3.8, 4) is 5.75 Å². The zero-order valence-electron chi connectivity index (χ0n) is 13.9. The molecule has 0 bridgehead atoms. The van der Waals surface area contributed by atoms with Crippen LogP contribution in [0.15, 0.2) is 52.4 Å². The van der Waals surface area contributed by atoms with Crippen LogP contribution in [0, 0.1) is 0 Å². The fraction of sp³-hybridized carbons (Fsp3) is 0.158. The van der Waals surface area contributed by atoms with E-state index >= 15 is 0 Å². The van der Waals surface area contributed by atoms with Gasteiger partial charge in [-0.1, -0.05) is 36.2 Å². The Labute approximate surface area is 166 Å². The minimum Gasteiger partial charge on any atom is -0.506 e. The molecule has 0 unspecified atom stereocenters. The molecule has 3 rings (SSSR count). The summed E-state index contributed by atoms with van der Waals surface area (Å²) in [5.41, 5.74) is 1.48. The Morgan fingerprint density at radius 2 is 1.92 bits per heavy atom. The lowest BCUT2D eigenvalue weighted by Crippen LogP contribution is -2.29. The SMILES string of the molecule is CCCN1C(=O)/C(=C/c2ccc(O)c(Cl)c2)SC1=Nc1ccc(Cl)cc1. The summed E-state index contributed by atoms with van der Waals surface area (Å²) < 4.78 is 0. The van der Waals surface area contributed by atoms with Gasteiger partial charge in [-0.15, -0.1) is 0 Å². The molecular formula is C19H16Cl2N2O2S. The molecule has 2 aromatic carbocycles. The van der Waals surface area contributed by atoms with E-state index in [1.54, 1.807) is 35.2 Å². The van der Waals surface area contributed by atoms with E-state index in [0.29, 0.717) is 21.6 Å². The van der Waals surface area contributed by atoms with Gasteiger partial charge in [0.25, 0.3) is 5.91 Å². The highest BCUT2D eigenvalue weighted by molar-refractivity contribution is 8.18. The quantitative estimate of drug-likeness (QED) is 0.661. The maximum atomic E-state index is 12.8. The van der Waals surface area contributed by atoms with Crippen molar-refractivity contribution in [3.05, 3.63) is 63.0 Å². The van der Waals surface area contributed by atoms with Crippen LogP contribution in [0.5, 0.6) is 5.75 Å². The number of halogens is 2. The number of nitrogens with zero attached hydrogens (tertiary/aromatic N) is 2. The Hall–Kier alpha value is -1.95. The number of benzene rings is 2. The van der Waals surface area contributed by atoms with E-state index in [4.69, 9.17) is 23.2 Å². The smallest absolute Gasteiger partial charge is 0.266 e. The first-order valence-electron chi connectivity index (χ1n) is 8.02. The zero-order valence-corrected chi connectivity index (χ0v) is 16.3. The molecule has 1 N–H and O–H groups in total. The van der Waals surface area contributed by atoms with Crippen molar-refractivity contribution in [1.29, 1.82) is 0 Å². The van der Waals surface area contributed by atoms with Crippen LogP contribution < -0.4 is 0 Å². The lowest BCUT2D eigenvalue weighted by molar-refractivity contribution is -0.122. The van der Waals surface area contributed by atoms with Gasteiger partial charge in [-0.3, -0.25) is 9.69 Å². The number of aliphatic imine (C=N–C) groups is 1. The first kappa shape index (κ1) is 18.8. The number of hydrogen-bond acceptors (Lipinski definition) is 4. The van der Waals surface area contributed by atoms with Gasteiger partial charge in [-0.2, -0.15) is 0 Å². The highest BCUT2D eigenvalue weighted by Gasteiger charge is 2.32.